The van der Waals surface area contributed by atoms with Crippen LogP contribution in [0.4, 0.5) is 0 Å². The standard InChI is InChI=1S/C8H18O2Se/c1-2-3-4-5-6-7-8-11(9)10/h2-8H2,1H3,(H,9,10). The zero-order chi connectivity index (χ0) is 8.53. The minimum atomic E-state index is -2.37. The van der Waals surface area contributed by atoms with Crippen molar-refractivity contribution < 1.29 is 8.02 Å². The van der Waals surface area contributed by atoms with Gasteiger partial charge in [-0.3, -0.25) is 0 Å². The molecule has 0 rings (SSSR count). The first-order valence-corrected chi connectivity index (χ1v) is 7.02. The monoisotopic (exact) mass is 226 g/mol. The van der Waals surface area contributed by atoms with Crippen molar-refractivity contribution in [2.75, 3.05) is 0 Å². The van der Waals surface area contributed by atoms with Crippen molar-refractivity contribution in [3.8, 4) is 0 Å². The van der Waals surface area contributed by atoms with Crippen LogP contribution in [0.2, 0.25) is 5.32 Å². The summed E-state index contributed by atoms with van der Waals surface area (Å²) in [4.78, 5) is 0. The fourth-order valence-corrected chi connectivity index (χ4v) is 1.95. The van der Waals surface area contributed by atoms with Crippen LogP contribution in [-0.4, -0.2) is 18.4 Å². The molecule has 0 aromatic carbocycles. The normalized spacial score (nSPS) is 13.3. The first-order chi connectivity index (χ1) is 5.27. The van der Waals surface area contributed by atoms with E-state index in [0.717, 1.165) is 12.8 Å². The van der Waals surface area contributed by atoms with Gasteiger partial charge in [-0.1, -0.05) is 0 Å². The average molecular weight is 225 g/mol. The summed E-state index contributed by atoms with van der Waals surface area (Å²) >= 11 is -2.37. The molecule has 0 aromatic heterocycles. The van der Waals surface area contributed by atoms with E-state index in [9.17, 15) is 3.83 Å². The van der Waals surface area contributed by atoms with Crippen LogP contribution < -0.4 is 0 Å². The molecule has 0 amide bonds. The van der Waals surface area contributed by atoms with Crippen molar-refractivity contribution in [1.29, 1.82) is 0 Å². The molecule has 2 nitrogen and oxygen atoms in total. The summed E-state index contributed by atoms with van der Waals surface area (Å²) in [6, 6.07) is 0. The van der Waals surface area contributed by atoms with E-state index in [1.54, 1.807) is 0 Å². The van der Waals surface area contributed by atoms with Crippen LogP contribution >= 0.6 is 0 Å². The first kappa shape index (κ1) is 11.3. The Bertz CT molecular complexity index is 104. The Labute approximate surface area is 73.4 Å². The second kappa shape index (κ2) is 8.38. The van der Waals surface area contributed by atoms with Crippen LogP contribution in [-0.2, 0) is 3.83 Å². The molecule has 0 heterocycles. The molecule has 1 N–H and O–H groups in total. The van der Waals surface area contributed by atoms with Gasteiger partial charge in [0.15, 0.2) is 0 Å². The quantitative estimate of drug-likeness (QED) is 0.533. The molecule has 0 aliphatic rings. The third kappa shape index (κ3) is 10.3. The van der Waals surface area contributed by atoms with Gasteiger partial charge in [0.25, 0.3) is 0 Å². The van der Waals surface area contributed by atoms with Crippen molar-refractivity contribution >= 4 is 14.2 Å². The number of hydrogen-bond acceptors (Lipinski definition) is 1. The second-order valence-corrected chi connectivity index (χ2v) is 5.00. The molecule has 0 saturated carbocycles. The van der Waals surface area contributed by atoms with E-state index in [0.29, 0.717) is 5.32 Å². The van der Waals surface area contributed by atoms with Crippen LogP contribution in [0.1, 0.15) is 45.4 Å². The Kier molecular flexibility index (Phi) is 8.59. The third-order valence-electron chi connectivity index (χ3n) is 1.67. The Hall–Kier alpha value is 0.279. The predicted molar refractivity (Wildman–Crippen MR) is 46.8 cm³/mol. The van der Waals surface area contributed by atoms with Crippen LogP contribution in [0.15, 0.2) is 0 Å². The molecule has 0 spiro atoms. The van der Waals surface area contributed by atoms with E-state index in [1.165, 1.54) is 25.7 Å². The summed E-state index contributed by atoms with van der Waals surface area (Å²) in [6.07, 6.45) is 7.14. The molecule has 3 heteroatoms. The molecule has 11 heavy (non-hydrogen) atoms. The van der Waals surface area contributed by atoms with Crippen molar-refractivity contribution in [2.24, 2.45) is 0 Å². The maximum atomic E-state index is 10.3. The predicted octanol–water partition coefficient (Wildman–Crippen LogP) is 2.26. The van der Waals surface area contributed by atoms with Gasteiger partial charge in [-0.15, -0.1) is 0 Å². The van der Waals surface area contributed by atoms with E-state index in [2.05, 4.69) is 6.92 Å². The second-order valence-electron chi connectivity index (χ2n) is 2.79. The summed E-state index contributed by atoms with van der Waals surface area (Å²) < 4.78 is 18.8. The number of unbranched alkanes of at least 4 members (excludes halogenated alkanes) is 5. The molecule has 0 aliphatic heterocycles. The molecule has 0 bridgehead atoms. The summed E-state index contributed by atoms with van der Waals surface area (Å²) in [5, 5.41) is 0.548. The molecule has 0 aliphatic carbocycles. The molecular formula is C8H18O2Se. The summed E-state index contributed by atoms with van der Waals surface area (Å²) in [5.74, 6) is 0. The van der Waals surface area contributed by atoms with Crippen LogP contribution in [0.3, 0.4) is 0 Å². The molecule has 0 aromatic rings. The SMILES string of the molecule is CCCCCCCC[Se](=O)O. The van der Waals surface area contributed by atoms with Crippen molar-refractivity contribution in [1.82, 2.24) is 0 Å². The van der Waals surface area contributed by atoms with Crippen molar-refractivity contribution in [2.45, 2.75) is 50.8 Å². The molecular weight excluding hydrogens is 207 g/mol. The van der Waals surface area contributed by atoms with E-state index in [4.69, 9.17) is 4.19 Å². The Morgan fingerprint density at radius 1 is 1.09 bits per heavy atom. The Balaban J connectivity index is 2.85. The van der Waals surface area contributed by atoms with Crippen molar-refractivity contribution in [3.05, 3.63) is 0 Å². The van der Waals surface area contributed by atoms with Gasteiger partial charge in [0.1, 0.15) is 0 Å². The van der Waals surface area contributed by atoms with E-state index in [1.807, 2.05) is 0 Å². The van der Waals surface area contributed by atoms with Gasteiger partial charge in [0.05, 0.1) is 0 Å². The first-order valence-electron chi connectivity index (χ1n) is 4.35. The van der Waals surface area contributed by atoms with Crippen LogP contribution in [0.5, 0.6) is 0 Å². The molecule has 1 atom stereocenters. The van der Waals surface area contributed by atoms with E-state index < -0.39 is 14.2 Å². The summed E-state index contributed by atoms with van der Waals surface area (Å²) in [7, 11) is 0. The average Bonchev–Trinajstić information content (AvgIpc) is 1.96. The van der Waals surface area contributed by atoms with Gasteiger partial charge >= 0.3 is 73.0 Å². The molecule has 0 fully saturated rings. The van der Waals surface area contributed by atoms with Gasteiger partial charge in [-0.05, 0) is 0 Å². The number of rotatable bonds is 7. The molecule has 0 saturated heterocycles. The zero-order valence-corrected chi connectivity index (χ0v) is 8.93. The summed E-state index contributed by atoms with van der Waals surface area (Å²) in [5.41, 5.74) is 0. The number of hydrogen-bond donors (Lipinski definition) is 1. The van der Waals surface area contributed by atoms with E-state index >= 15 is 0 Å². The fourth-order valence-electron chi connectivity index (χ4n) is 1.01. The molecule has 68 valence electrons. The van der Waals surface area contributed by atoms with Crippen molar-refractivity contribution in [3.63, 3.8) is 0 Å². The third-order valence-corrected chi connectivity index (χ3v) is 3.01. The van der Waals surface area contributed by atoms with Gasteiger partial charge in [0.2, 0.25) is 0 Å². The van der Waals surface area contributed by atoms with Gasteiger partial charge in [-0.25, -0.2) is 0 Å². The Morgan fingerprint density at radius 3 is 2.18 bits per heavy atom. The fraction of sp³-hybridized carbons (Fsp3) is 1.00. The zero-order valence-electron chi connectivity index (χ0n) is 7.21. The van der Waals surface area contributed by atoms with Gasteiger partial charge < -0.3 is 0 Å². The molecule has 1 unspecified atom stereocenters. The minimum absolute atomic E-state index is 0.548. The van der Waals surface area contributed by atoms with Gasteiger partial charge in [-0.2, -0.15) is 0 Å². The summed E-state index contributed by atoms with van der Waals surface area (Å²) in [6.45, 7) is 2.19. The van der Waals surface area contributed by atoms with Gasteiger partial charge in [0, 0.05) is 0 Å². The molecule has 0 radical (unpaired) electrons. The Morgan fingerprint density at radius 2 is 1.64 bits per heavy atom. The maximum absolute atomic E-state index is 10.3. The van der Waals surface area contributed by atoms with Crippen LogP contribution in [0.25, 0.3) is 0 Å². The topological polar surface area (TPSA) is 37.3 Å². The van der Waals surface area contributed by atoms with E-state index in [-0.39, 0.29) is 0 Å². The van der Waals surface area contributed by atoms with Crippen LogP contribution in [0, 0.1) is 0 Å².